The van der Waals surface area contributed by atoms with Crippen molar-refractivity contribution in [2.75, 3.05) is 50.8 Å². The Morgan fingerprint density at radius 1 is 1.18 bits per heavy atom. The lowest BCUT2D eigenvalue weighted by Crippen LogP contribution is -2.56. The molecule has 9 nitrogen and oxygen atoms in total. The molecule has 1 amide bonds. The summed E-state index contributed by atoms with van der Waals surface area (Å²) in [4.78, 5) is 36.9. The Hall–Kier alpha value is -4.10. The lowest BCUT2D eigenvalue weighted by Gasteiger charge is -2.39. The first-order chi connectivity index (χ1) is 21.5. The van der Waals surface area contributed by atoms with Gasteiger partial charge in [-0.25, -0.2) is 15.9 Å². The Morgan fingerprint density at radius 3 is 2.82 bits per heavy atom. The summed E-state index contributed by atoms with van der Waals surface area (Å²) in [7, 11) is 0. The predicted octanol–water partition coefficient (Wildman–Crippen LogP) is 4.62. The number of carbonyl (C=O) groups excluding carboxylic acids is 1. The van der Waals surface area contributed by atoms with Crippen LogP contribution in [-0.4, -0.2) is 88.1 Å². The zero-order chi connectivity index (χ0) is 30.0. The number of hydrogen-bond donors (Lipinski definition) is 0. The Morgan fingerprint density at radius 2 is 2.02 bits per heavy atom. The van der Waals surface area contributed by atoms with E-state index in [1.165, 1.54) is 23.3 Å². The molecule has 3 saturated heterocycles. The zero-order valence-electron chi connectivity index (χ0n) is 24.8. The van der Waals surface area contributed by atoms with Gasteiger partial charge >= 0.3 is 6.01 Å². The van der Waals surface area contributed by atoms with Gasteiger partial charge in [-0.3, -0.25) is 9.69 Å². The monoisotopic (exact) mass is 593 g/mol. The van der Waals surface area contributed by atoms with Crippen LogP contribution in [0.25, 0.3) is 27.1 Å². The van der Waals surface area contributed by atoms with Crippen LogP contribution in [0.3, 0.4) is 0 Å². The van der Waals surface area contributed by atoms with Crippen molar-refractivity contribution in [3.63, 3.8) is 0 Å². The molecule has 8 rings (SSSR count). The minimum atomic E-state index is -0.405. The molecule has 4 fully saturated rings. The molecule has 2 unspecified atom stereocenters. The number of piperazine rings is 1. The standard InChI is InChI=1S/C34H36FN7O2/c1-3-28(43)42-14-13-40(19-23(42)18-36-2)32-26-17-27(35)30(24-8-4-7-21-15-22-16-25(22)29(21)24)37-31(26)38-33(39-32)44-20-34-9-5-11-41(34)12-6-10-34/h3-4,7-8,17,22-23,25H,1,5-6,9-16,18-20H2/t22?,23-,25?/m0/s1. The first-order valence-electron chi connectivity index (χ1n) is 15.9. The molecule has 1 aromatic carbocycles. The van der Waals surface area contributed by atoms with Gasteiger partial charge in [0, 0.05) is 25.2 Å². The van der Waals surface area contributed by atoms with Crippen molar-refractivity contribution in [1.29, 1.82) is 0 Å². The number of carbonyl (C=O) groups is 1. The summed E-state index contributed by atoms with van der Waals surface area (Å²) in [6, 6.07) is 7.53. The SMILES string of the molecule is [C-]#[N+]C[C@H]1CN(c2nc(OCC34CCCN3CCC4)nc3nc(-c4cccc5c4C4CC4C5)c(F)cc23)CCN1C(=O)C=C. The van der Waals surface area contributed by atoms with Crippen molar-refractivity contribution in [3.8, 4) is 17.3 Å². The van der Waals surface area contributed by atoms with Crippen LogP contribution in [0.1, 0.15) is 49.1 Å². The zero-order valence-corrected chi connectivity index (χ0v) is 24.8. The van der Waals surface area contributed by atoms with E-state index < -0.39 is 5.82 Å². The summed E-state index contributed by atoms with van der Waals surface area (Å²) >= 11 is 0. The van der Waals surface area contributed by atoms with Crippen molar-refractivity contribution in [3.05, 3.63) is 65.3 Å². The fourth-order valence-corrected chi connectivity index (χ4v) is 8.41. The Bertz CT molecular complexity index is 1710. The summed E-state index contributed by atoms with van der Waals surface area (Å²) in [5.74, 6) is 1.09. The molecule has 0 spiro atoms. The van der Waals surface area contributed by atoms with Gasteiger partial charge in [-0.2, -0.15) is 9.97 Å². The predicted molar refractivity (Wildman–Crippen MR) is 165 cm³/mol. The second-order valence-corrected chi connectivity index (χ2v) is 13.1. The van der Waals surface area contributed by atoms with E-state index in [-0.39, 0.29) is 30.0 Å². The van der Waals surface area contributed by atoms with Crippen molar-refractivity contribution in [2.24, 2.45) is 5.92 Å². The molecule has 3 aromatic rings. The molecule has 0 bridgehead atoms. The Balaban J connectivity index is 1.20. The van der Waals surface area contributed by atoms with E-state index in [4.69, 9.17) is 26.3 Å². The maximum atomic E-state index is 16.1. The number of rotatable bonds is 7. The van der Waals surface area contributed by atoms with Crippen molar-refractivity contribution in [1.82, 2.24) is 24.8 Å². The second kappa shape index (κ2) is 10.5. The highest BCUT2D eigenvalue weighted by Gasteiger charge is 2.47. The number of anilines is 1. The van der Waals surface area contributed by atoms with Gasteiger partial charge in [0.05, 0.1) is 10.9 Å². The van der Waals surface area contributed by atoms with E-state index in [0.717, 1.165) is 57.2 Å². The van der Waals surface area contributed by atoms with E-state index in [9.17, 15) is 4.79 Å². The molecule has 5 aliphatic rings. The first kappa shape index (κ1) is 27.4. The average Bonchev–Trinajstić information content (AvgIpc) is 3.32. The van der Waals surface area contributed by atoms with Crippen molar-refractivity contribution in [2.45, 2.75) is 56.0 Å². The van der Waals surface area contributed by atoms with E-state index in [1.54, 1.807) is 4.90 Å². The maximum absolute atomic E-state index is 16.1. The third kappa shape index (κ3) is 4.43. The highest BCUT2D eigenvalue weighted by Crippen LogP contribution is 2.58. The molecule has 44 heavy (non-hydrogen) atoms. The molecule has 10 heteroatoms. The summed E-state index contributed by atoms with van der Waals surface area (Å²) in [5, 5.41) is 0.502. The van der Waals surface area contributed by atoms with Gasteiger partial charge < -0.3 is 19.4 Å². The van der Waals surface area contributed by atoms with E-state index in [1.807, 2.05) is 17.0 Å². The third-order valence-corrected chi connectivity index (χ3v) is 10.6. The van der Waals surface area contributed by atoms with Gasteiger partial charge in [0.25, 0.3) is 0 Å². The van der Waals surface area contributed by atoms with Gasteiger partial charge in [0.1, 0.15) is 30.0 Å². The van der Waals surface area contributed by atoms with Gasteiger partial charge in [-0.15, -0.1) is 0 Å². The highest BCUT2D eigenvalue weighted by molar-refractivity contribution is 5.90. The van der Waals surface area contributed by atoms with E-state index in [0.29, 0.717) is 60.6 Å². The van der Waals surface area contributed by atoms with E-state index in [2.05, 4.69) is 22.4 Å². The topological polar surface area (TPSA) is 79.1 Å². The molecule has 0 radical (unpaired) electrons. The minimum absolute atomic E-state index is 0.0165. The fraction of sp³-hybridized carbons (Fsp3) is 0.500. The first-order valence-corrected chi connectivity index (χ1v) is 15.9. The number of nitrogens with zero attached hydrogens (tertiary/aromatic N) is 7. The van der Waals surface area contributed by atoms with Crippen LogP contribution in [0.15, 0.2) is 36.9 Å². The number of benzene rings is 1. The second-order valence-electron chi connectivity index (χ2n) is 13.1. The molecule has 5 heterocycles. The largest absolute Gasteiger partial charge is 0.461 e. The highest BCUT2D eigenvalue weighted by atomic mass is 19.1. The molecule has 226 valence electrons. The molecule has 1 saturated carbocycles. The summed E-state index contributed by atoms with van der Waals surface area (Å²) in [6.45, 7) is 15.2. The van der Waals surface area contributed by atoms with Crippen molar-refractivity contribution >= 4 is 22.8 Å². The molecule has 2 aliphatic carbocycles. The fourth-order valence-electron chi connectivity index (χ4n) is 8.41. The van der Waals surface area contributed by atoms with Crippen molar-refractivity contribution < 1.29 is 13.9 Å². The molecule has 0 N–H and O–H groups in total. The third-order valence-electron chi connectivity index (χ3n) is 10.6. The van der Waals surface area contributed by atoms with E-state index >= 15 is 4.39 Å². The maximum Gasteiger partial charge on any atom is 0.320 e. The number of ether oxygens (including phenoxy) is 1. The molecular formula is C34H36FN7O2. The van der Waals surface area contributed by atoms with Crippen LogP contribution >= 0.6 is 0 Å². The average molecular weight is 594 g/mol. The Kier molecular flexibility index (Phi) is 6.56. The lowest BCUT2D eigenvalue weighted by molar-refractivity contribution is -0.128. The Labute approximate surface area is 256 Å². The van der Waals surface area contributed by atoms with Gasteiger partial charge in [-0.1, -0.05) is 24.8 Å². The van der Waals surface area contributed by atoms with Crippen LogP contribution < -0.4 is 9.64 Å². The molecule has 3 atom stereocenters. The summed E-state index contributed by atoms with van der Waals surface area (Å²) < 4.78 is 22.5. The number of hydrogen-bond acceptors (Lipinski definition) is 7. The number of pyridine rings is 1. The summed E-state index contributed by atoms with van der Waals surface area (Å²) in [6.07, 6.45) is 8.03. The number of amides is 1. The van der Waals surface area contributed by atoms with Gasteiger partial charge in [0.2, 0.25) is 12.5 Å². The normalized spacial score (nSPS) is 25.0. The smallest absolute Gasteiger partial charge is 0.320 e. The van der Waals surface area contributed by atoms with Gasteiger partial charge in [-0.05, 0) is 86.7 Å². The quantitative estimate of drug-likeness (QED) is 0.292. The molecule has 2 aromatic heterocycles. The van der Waals surface area contributed by atoms with Crippen LogP contribution in [0.4, 0.5) is 10.2 Å². The molecule has 3 aliphatic heterocycles. The van der Waals surface area contributed by atoms with Crippen LogP contribution in [0.2, 0.25) is 0 Å². The minimum Gasteiger partial charge on any atom is -0.461 e. The molecular weight excluding hydrogens is 557 g/mol. The van der Waals surface area contributed by atoms with Gasteiger partial charge in [0.15, 0.2) is 5.65 Å². The van der Waals surface area contributed by atoms with Crippen LogP contribution in [0, 0.1) is 18.3 Å². The number of fused-ring (bicyclic) bond motifs is 5. The van der Waals surface area contributed by atoms with Crippen LogP contribution in [0.5, 0.6) is 6.01 Å². The number of halogens is 1. The summed E-state index contributed by atoms with van der Waals surface area (Å²) in [5.41, 5.74) is 4.12. The lowest BCUT2D eigenvalue weighted by atomic mass is 9.95. The van der Waals surface area contributed by atoms with Crippen LogP contribution in [-0.2, 0) is 11.2 Å². The number of aromatic nitrogens is 3.